The second-order valence-corrected chi connectivity index (χ2v) is 3.70. The van der Waals surface area contributed by atoms with Gasteiger partial charge < -0.3 is 0 Å². The molecular weight excluding hydrogens is 178 g/mol. The molecule has 0 bridgehead atoms. The minimum atomic E-state index is 0.349. The Labute approximate surface area is 84.2 Å². The lowest BCUT2D eigenvalue weighted by atomic mass is 10.3. The quantitative estimate of drug-likeness (QED) is 0.593. The van der Waals surface area contributed by atoms with Gasteiger partial charge >= 0.3 is 0 Å². The number of aromatic amines is 1. The van der Waals surface area contributed by atoms with Crippen molar-refractivity contribution in [3.63, 3.8) is 0 Å². The van der Waals surface area contributed by atoms with E-state index in [1.807, 2.05) is 5.01 Å². The minimum absolute atomic E-state index is 0.349. The van der Waals surface area contributed by atoms with E-state index in [-0.39, 0.29) is 0 Å². The van der Waals surface area contributed by atoms with Gasteiger partial charge in [-0.2, -0.15) is 5.10 Å². The van der Waals surface area contributed by atoms with E-state index in [0.717, 1.165) is 0 Å². The summed E-state index contributed by atoms with van der Waals surface area (Å²) in [5.74, 6) is 0.677. The van der Waals surface area contributed by atoms with Gasteiger partial charge in [-0.05, 0) is 27.7 Å². The Morgan fingerprint density at radius 3 is 2.36 bits per heavy atom. The molecule has 0 aliphatic heterocycles. The van der Waals surface area contributed by atoms with Gasteiger partial charge in [0.25, 0.3) is 0 Å². The average molecular weight is 195 g/mol. The number of hydrogen-bond donors (Lipinski definition) is 1. The van der Waals surface area contributed by atoms with Gasteiger partial charge in [-0.25, -0.2) is 0 Å². The number of rotatable bonds is 4. The summed E-state index contributed by atoms with van der Waals surface area (Å²) in [5.41, 5.74) is 0. The Hall–Kier alpha value is -1.39. The molecule has 0 unspecified atom stereocenters. The molecule has 0 radical (unpaired) electrons. The van der Waals surface area contributed by atoms with Gasteiger partial charge in [0.15, 0.2) is 5.82 Å². The topological polar surface area (TPSA) is 56.6 Å². The molecule has 14 heavy (non-hydrogen) atoms. The lowest BCUT2D eigenvalue weighted by molar-refractivity contribution is 0.169. The summed E-state index contributed by atoms with van der Waals surface area (Å²) in [6.07, 6.45) is 1.66. The fourth-order valence-corrected chi connectivity index (χ4v) is 1.21. The monoisotopic (exact) mass is 195 g/mol. The zero-order chi connectivity index (χ0) is 10.6. The van der Waals surface area contributed by atoms with Crippen molar-refractivity contribution in [2.24, 2.45) is 10.3 Å². The third-order valence-electron chi connectivity index (χ3n) is 1.80. The zero-order valence-electron chi connectivity index (χ0n) is 9.10. The molecule has 1 aromatic heterocycles. The standard InChI is InChI=1S/C9H17N5/c1-7(2)14(8(3)4)13-12-9-5-6-10-11-9/h5-8H,1-4H3,(H,10,11)/b13-12+. The van der Waals surface area contributed by atoms with Crippen molar-refractivity contribution in [2.45, 2.75) is 39.8 Å². The van der Waals surface area contributed by atoms with Gasteiger partial charge in [0.05, 0.1) is 6.20 Å². The lowest BCUT2D eigenvalue weighted by Gasteiger charge is -2.25. The van der Waals surface area contributed by atoms with Crippen molar-refractivity contribution in [3.05, 3.63) is 12.3 Å². The van der Waals surface area contributed by atoms with Crippen LogP contribution in [-0.2, 0) is 0 Å². The maximum absolute atomic E-state index is 4.15. The molecule has 0 spiro atoms. The molecule has 1 N–H and O–H groups in total. The molecular formula is C9H17N5. The van der Waals surface area contributed by atoms with Crippen LogP contribution in [0.25, 0.3) is 0 Å². The van der Waals surface area contributed by atoms with E-state index in [4.69, 9.17) is 0 Å². The number of nitrogens with zero attached hydrogens (tertiary/aromatic N) is 4. The number of aromatic nitrogens is 2. The second-order valence-electron chi connectivity index (χ2n) is 3.70. The van der Waals surface area contributed by atoms with Crippen molar-refractivity contribution in [3.8, 4) is 0 Å². The highest BCUT2D eigenvalue weighted by molar-refractivity contribution is 5.20. The van der Waals surface area contributed by atoms with E-state index in [2.05, 4.69) is 48.2 Å². The lowest BCUT2D eigenvalue weighted by Crippen LogP contribution is -2.31. The SMILES string of the molecule is CC(C)N(/N=N/c1ccn[nH]1)C(C)C. The van der Waals surface area contributed by atoms with E-state index in [9.17, 15) is 0 Å². The summed E-state index contributed by atoms with van der Waals surface area (Å²) >= 11 is 0. The van der Waals surface area contributed by atoms with Gasteiger partial charge in [0, 0.05) is 18.2 Å². The third kappa shape index (κ3) is 2.83. The van der Waals surface area contributed by atoms with Crippen molar-refractivity contribution in [1.82, 2.24) is 15.2 Å². The molecule has 0 atom stereocenters. The smallest absolute Gasteiger partial charge is 0.172 e. The highest BCUT2D eigenvalue weighted by Gasteiger charge is 2.10. The Kier molecular flexibility index (Phi) is 3.62. The van der Waals surface area contributed by atoms with Crippen molar-refractivity contribution >= 4 is 5.82 Å². The minimum Gasteiger partial charge on any atom is -0.273 e. The second kappa shape index (κ2) is 4.74. The van der Waals surface area contributed by atoms with E-state index < -0.39 is 0 Å². The zero-order valence-corrected chi connectivity index (χ0v) is 9.10. The molecule has 78 valence electrons. The molecule has 0 aliphatic rings. The summed E-state index contributed by atoms with van der Waals surface area (Å²) in [4.78, 5) is 0. The van der Waals surface area contributed by atoms with E-state index in [1.54, 1.807) is 12.3 Å². The van der Waals surface area contributed by atoms with Crippen LogP contribution in [0.2, 0.25) is 0 Å². The molecule has 1 heterocycles. The third-order valence-corrected chi connectivity index (χ3v) is 1.80. The van der Waals surface area contributed by atoms with Crippen LogP contribution in [0, 0.1) is 0 Å². The summed E-state index contributed by atoms with van der Waals surface area (Å²) in [6, 6.07) is 2.48. The van der Waals surface area contributed by atoms with Gasteiger partial charge in [0.1, 0.15) is 0 Å². The highest BCUT2D eigenvalue weighted by atomic mass is 15.6. The fraction of sp³-hybridized carbons (Fsp3) is 0.667. The van der Waals surface area contributed by atoms with Crippen LogP contribution in [0.3, 0.4) is 0 Å². The maximum atomic E-state index is 4.15. The Balaban J connectivity index is 2.64. The first-order chi connectivity index (χ1) is 6.61. The van der Waals surface area contributed by atoms with E-state index in [0.29, 0.717) is 17.9 Å². The average Bonchev–Trinajstić information content (AvgIpc) is 2.55. The van der Waals surface area contributed by atoms with Crippen molar-refractivity contribution < 1.29 is 0 Å². The van der Waals surface area contributed by atoms with Crippen LogP contribution < -0.4 is 0 Å². The normalized spacial score (nSPS) is 11.9. The molecule has 0 saturated heterocycles. The first kappa shape index (κ1) is 10.7. The Morgan fingerprint density at radius 1 is 1.29 bits per heavy atom. The summed E-state index contributed by atoms with van der Waals surface area (Å²) in [6.45, 7) is 8.36. The Morgan fingerprint density at radius 2 is 1.93 bits per heavy atom. The molecule has 1 aromatic rings. The van der Waals surface area contributed by atoms with Gasteiger partial charge in [-0.3, -0.25) is 10.1 Å². The fourth-order valence-electron chi connectivity index (χ4n) is 1.21. The molecule has 5 heteroatoms. The van der Waals surface area contributed by atoms with Crippen molar-refractivity contribution in [2.75, 3.05) is 0 Å². The molecule has 0 aliphatic carbocycles. The largest absolute Gasteiger partial charge is 0.273 e. The van der Waals surface area contributed by atoms with E-state index in [1.165, 1.54) is 0 Å². The first-order valence-electron chi connectivity index (χ1n) is 4.80. The van der Waals surface area contributed by atoms with Gasteiger partial charge in [-0.1, -0.05) is 5.22 Å². The molecule has 1 rings (SSSR count). The first-order valence-corrected chi connectivity index (χ1v) is 4.80. The molecule has 0 aromatic carbocycles. The molecule has 0 saturated carbocycles. The van der Waals surface area contributed by atoms with Crippen LogP contribution in [0.15, 0.2) is 22.6 Å². The number of nitrogens with one attached hydrogen (secondary N) is 1. The molecule has 5 nitrogen and oxygen atoms in total. The molecule has 0 fully saturated rings. The van der Waals surface area contributed by atoms with Gasteiger partial charge in [-0.15, -0.1) is 5.11 Å². The predicted octanol–water partition coefficient (Wildman–Crippen LogP) is 2.53. The van der Waals surface area contributed by atoms with Crippen LogP contribution in [0.4, 0.5) is 5.82 Å². The highest BCUT2D eigenvalue weighted by Crippen LogP contribution is 2.10. The summed E-state index contributed by atoms with van der Waals surface area (Å²) < 4.78 is 0. The van der Waals surface area contributed by atoms with Crippen molar-refractivity contribution in [1.29, 1.82) is 0 Å². The predicted molar refractivity (Wildman–Crippen MR) is 55.2 cm³/mol. The van der Waals surface area contributed by atoms with Crippen LogP contribution in [0.5, 0.6) is 0 Å². The summed E-state index contributed by atoms with van der Waals surface area (Å²) in [7, 11) is 0. The van der Waals surface area contributed by atoms with E-state index >= 15 is 0 Å². The number of H-pyrrole nitrogens is 1. The van der Waals surface area contributed by atoms with Crippen LogP contribution in [-0.4, -0.2) is 27.3 Å². The number of hydrogen-bond acceptors (Lipinski definition) is 3. The van der Waals surface area contributed by atoms with Gasteiger partial charge in [0.2, 0.25) is 0 Å². The summed E-state index contributed by atoms with van der Waals surface area (Å²) in [5, 5.41) is 16.7. The van der Waals surface area contributed by atoms with Crippen LogP contribution >= 0.6 is 0 Å². The van der Waals surface area contributed by atoms with Crippen LogP contribution in [0.1, 0.15) is 27.7 Å². The molecule has 0 amide bonds. The Bertz CT molecular complexity index is 267. The maximum Gasteiger partial charge on any atom is 0.172 e.